The molecule has 1 saturated heterocycles. The summed E-state index contributed by atoms with van der Waals surface area (Å²) in [7, 11) is 0. The van der Waals surface area contributed by atoms with E-state index in [9.17, 15) is 4.79 Å². The van der Waals surface area contributed by atoms with E-state index >= 15 is 0 Å². The Bertz CT molecular complexity index is 339. The predicted molar refractivity (Wildman–Crippen MR) is 90.0 cm³/mol. The van der Waals surface area contributed by atoms with Gasteiger partial charge < -0.3 is 15.0 Å². The maximum absolute atomic E-state index is 12.2. The minimum atomic E-state index is -0.424. The lowest BCUT2D eigenvalue weighted by molar-refractivity contribution is 0.0450. The third-order valence-corrected chi connectivity index (χ3v) is 4.82. The van der Waals surface area contributed by atoms with E-state index in [1.54, 1.807) is 0 Å². The second kappa shape index (κ2) is 8.19. The summed E-state index contributed by atoms with van der Waals surface area (Å²) < 4.78 is 5.48. The molecule has 1 atom stereocenters. The maximum Gasteiger partial charge on any atom is 0.407 e. The van der Waals surface area contributed by atoms with Crippen molar-refractivity contribution in [2.45, 2.75) is 83.8 Å². The monoisotopic (exact) mass is 310 g/mol. The second-order valence-corrected chi connectivity index (χ2v) is 8.01. The van der Waals surface area contributed by atoms with Gasteiger partial charge in [0, 0.05) is 12.6 Å². The fourth-order valence-corrected chi connectivity index (χ4v) is 3.73. The van der Waals surface area contributed by atoms with E-state index in [4.69, 9.17) is 4.74 Å². The summed E-state index contributed by atoms with van der Waals surface area (Å²) in [5.74, 6) is 0.614. The van der Waals surface area contributed by atoms with Crippen LogP contribution in [0.2, 0.25) is 0 Å². The van der Waals surface area contributed by atoms with Crippen LogP contribution in [0.5, 0.6) is 0 Å². The highest BCUT2D eigenvalue weighted by Gasteiger charge is 2.29. The van der Waals surface area contributed by atoms with Gasteiger partial charge in [-0.3, -0.25) is 0 Å². The minimum Gasteiger partial charge on any atom is -0.444 e. The summed E-state index contributed by atoms with van der Waals surface area (Å²) >= 11 is 0. The number of ether oxygens (including phenoxy) is 1. The molecule has 0 aromatic carbocycles. The Balaban J connectivity index is 1.92. The largest absolute Gasteiger partial charge is 0.444 e. The molecule has 4 nitrogen and oxygen atoms in total. The number of nitrogens with zero attached hydrogens (tertiary/aromatic N) is 1. The van der Waals surface area contributed by atoms with E-state index in [0.29, 0.717) is 5.92 Å². The quantitative estimate of drug-likeness (QED) is 0.855. The molecule has 0 unspecified atom stereocenters. The zero-order chi connectivity index (χ0) is 16.0. The van der Waals surface area contributed by atoms with Gasteiger partial charge >= 0.3 is 6.09 Å². The molecular weight excluding hydrogens is 276 g/mol. The highest BCUT2D eigenvalue weighted by molar-refractivity contribution is 5.68. The number of nitrogens with one attached hydrogen (secondary N) is 1. The van der Waals surface area contributed by atoms with Crippen LogP contribution >= 0.6 is 0 Å². The highest BCUT2D eigenvalue weighted by Crippen LogP contribution is 2.27. The zero-order valence-electron chi connectivity index (χ0n) is 14.7. The van der Waals surface area contributed by atoms with Crippen LogP contribution in [0.3, 0.4) is 0 Å². The number of hydrogen-bond donors (Lipinski definition) is 1. The molecular formula is C18H34N2O2. The summed E-state index contributed by atoms with van der Waals surface area (Å²) in [6, 6.07) is 0.244. The van der Waals surface area contributed by atoms with Gasteiger partial charge in [-0.2, -0.15) is 0 Å². The van der Waals surface area contributed by atoms with Crippen molar-refractivity contribution in [1.82, 2.24) is 10.2 Å². The molecule has 0 radical (unpaired) electrons. The number of carbonyl (C=O) groups is 1. The van der Waals surface area contributed by atoms with E-state index in [-0.39, 0.29) is 12.1 Å². The molecule has 1 amide bonds. The van der Waals surface area contributed by atoms with Crippen LogP contribution in [0.25, 0.3) is 0 Å². The Morgan fingerprint density at radius 3 is 2.27 bits per heavy atom. The van der Waals surface area contributed by atoms with Crippen molar-refractivity contribution in [2.75, 3.05) is 19.6 Å². The molecule has 0 spiro atoms. The number of hydrogen-bond acceptors (Lipinski definition) is 3. The van der Waals surface area contributed by atoms with Gasteiger partial charge in [-0.15, -0.1) is 0 Å². The van der Waals surface area contributed by atoms with Gasteiger partial charge in [0.25, 0.3) is 0 Å². The van der Waals surface area contributed by atoms with Crippen molar-refractivity contribution in [1.29, 1.82) is 0 Å². The average molecular weight is 310 g/mol. The molecule has 1 N–H and O–H groups in total. The lowest BCUT2D eigenvalue weighted by Crippen LogP contribution is -2.50. The number of alkyl carbamates (subject to hydrolysis) is 1. The fourth-order valence-electron chi connectivity index (χ4n) is 3.73. The number of carbonyl (C=O) groups excluding carboxylic acids is 1. The maximum atomic E-state index is 12.2. The Morgan fingerprint density at radius 2 is 1.68 bits per heavy atom. The molecule has 1 aliphatic heterocycles. The molecule has 2 rings (SSSR count). The van der Waals surface area contributed by atoms with Crippen LogP contribution in [0.1, 0.15) is 72.1 Å². The molecule has 1 heterocycles. The van der Waals surface area contributed by atoms with E-state index in [1.165, 1.54) is 64.5 Å². The fraction of sp³-hybridized carbons (Fsp3) is 0.944. The first-order chi connectivity index (χ1) is 10.4. The molecule has 1 saturated carbocycles. The Labute approximate surface area is 136 Å². The molecule has 4 heteroatoms. The van der Waals surface area contributed by atoms with Gasteiger partial charge in [-0.1, -0.05) is 25.7 Å². The number of piperidine rings is 1. The second-order valence-electron chi connectivity index (χ2n) is 8.01. The van der Waals surface area contributed by atoms with Gasteiger partial charge in [0.15, 0.2) is 0 Å². The molecule has 1 aliphatic carbocycles. The molecule has 2 aliphatic rings. The summed E-state index contributed by atoms with van der Waals surface area (Å²) in [4.78, 5) is 14.7. The minimum absolute atomic E-state index is 0.244. The first kappa shape index (κ1) is 17.6. The van der Waals surface area contributed by atoms with Gasteiger partial charge in [0.1, 0.15) is 5.60 Å². The van der Waals surface area contributed by atoms with Crippen LogP contribution in [-0.2, 0) is 4.74 Å². The number of rotatable bonds is 4. The summed E-state index contributed by atoms with van der Waals surface area (Å²) in [5.41, 5.74) is -0.424. The van der Waals surface area contributed by atoms with E-state index in [2.05, 4.69) is 10.2 Å². The SMILES string of the molecule is CC(C)(C)OC(=O)N[C@H](CN1CCCCC1)C1CCCCC1. The molecule has 22 heavy (non-hydrogen) atoms. The highest BCUT2D eigenvalue weighted by atomic mass is 16.6. The lowest BCUT2D eigenvalue weighted by Gasteiger charge is -2.36. The van der Waals surface area contributed by atoms with Crippen molar-refractivity contribution in [3.05, 3.63) is 0 Å². The zero-order valence-corrected chi connectivity index (χ0v) is 14.7. The van der Waals surface area contributed by atoms with Crippen molar-refractivity contribution >= 4 is 6.09 Å². The summed E-state index contributed by atoms with van der Waals surface area (Å²) in [6.07, 6.45) is 10.1. The van der Waals surface area contributed by atoms with E-state index in [0.717, 1.165) is 6.54 Å². The molecule has 0 aromatic heterocycles. The summed E-state index contributed by atoms with van der Waals surface area (Å²) in [5, 5.41) is 3.19. The van der Waals surface area contributed by atoms with Crippen molar-refractivity contribution in [3.63, 3.8) is 0 Å². The number of likely N-dealkylation sites (tertiary alicyclic amines) is 1. The predicted octanol–water partition coefficient (Wildman–Crippen LogP) is 3.95. The van der Waals surface area contributed by atoms with E-state index < -0.39 is 5.60 Å². The third kappa shape index (κ3) is 6.15. The van der Waals surface area contributed by atoms with E-state index in [1.807, 2.05) is 20.8 Å². The van der Waals surface area contributed by atoms with Crippen LogP contribution in [-0.4, -0.2) is 42.3 Å². The molecule has 2 fully saturated rings. The van der Waals surface area contributed by atoms with Crippen molar-refractivity contribution < 1.29 is 9.53 Å². The summed E-state index contributed by atoms with van der Waals surface area (Å²) in [6.45, 7) is 9.12. The Morgan fingerprint density at radius 1 is 1.09 bits per heavy atom. The standard InChI is InChI=1S/C18H34N2O2/c1-18(2,3)22-17(21)19-16(15-10-6-4-7-11-15)14-20-12-8-5-9-13-20/h15-16H,4-14H2,1-3H3,(H,19,21)/t16-/m1/s1. The first-order valence-corrected chi connectivity index (χ1v) is 9.16. The van der Waals surface area contributed by atoms with Crippen LogP contribution in [0.4, 0.5) is 4.79 Å². The molecule has 0 bridgehead atoms. The third-order valence-electron chi connectivity index (χ3n) is 4.82. The number of amides is 1. The molecule has 128 valence electrons. The van der Waals surface area contributed by atoms with Crippen LogP contribution < -0.4 is 5.32 Å². The smallest absolute Gasteiger partial charge is 0.407 e. The topological polar surface area (TPSA) is 41.6 Å². The Kier molecular flexibility index (Phi) is 6.54. The Hall–Kier alpha value is -0.770. The normalized spacial score (nSPS) is 23.0. The van der Waals surface area contributed by atoms with Crippen LogP contribution in [0.15, 0.2) is 0 Å². The van der Waals surface area contributed by atoms with Crippen LogP contribution in [0, 0.1) is 5.92 Å². The first-order valence-electron chi connectivity index (χ1n) is 9.16. The molecule has 0 aromatic rings. The van der Waals surface area contributed by atoms with Gasteiger partial charge in [-0.25, -0.2) is 4.79 Å². The van der Waals surface area contributed by atoms with Gasteiger partial charge in [-0.05, 0) is 65.5 Å². The lowest BCUT2D eigenvalue weighted by atomic mass is 9.83. The van der Waals surface area contributed by atoms with Gasteiger partial charge in [0.05, 0.1) is 0 Å². The van der Waals surface area contributed by atoms with Crippen molar-refractivity contribution in [2.24, 2.45) is 5.92 Å². The van der Waals surface area contributed by atoms with Crippen molar-refractivity contribution in [3.8, 4) is 0 Å². The average Bonchev–Trinajstić information content (AvgIpc) is 2.47. The van der Waals surface area contributed by atoms with Gasteiger partial charge in [0.2, 0.25) is 0 Å².